The minimum Gasteiger partial charge on any atom is -0.360 e. The second kappa shape index (κ2) is 8.21. The monoisotopic (exact) mass is 338 g/mol. The van der Waals surface area contributed by atoms with Crippen LogP contribution in [0.5, 0.6) is 0 Å². The van der Waals surface area contributed by atoms with Gasteiger partial charge in [-0.3, -0.25) is 9.69 Å². The van der Waals surface area contributed by atoms with Gasteiger partial charge in [-0.15, -0.1) is 0 Å². The van der Waals surface area contributed by atoms with Gasteiger partial charge in [0.25, 0.3) is 0 Å². The number of halogens is 1. The first-order valence-corrected chi connectivity index (χ1v) is 8.18. The number of amides is 1. The molecular weight excluding hydrogens is 315 g/mol. The molecule has 2 rings (SSSR count). The maximum absolute atomic E-state index is 12.8. The predicted octanol–water partition coefficient (Wildman–Crippen LogP) is 1.66. The molecule has 1 aliphatic heterocycles. The van der Waals surface area contributed by atoms with Crippen molar-refractivity contribution in [2.24, 2.45) is 0 Å². The quantitative estimate of drug-likeness (QED) is 0.818. The summed E-state index contributed by atoms with van der Waals surface area (Å²) in [7, 11) is 0. The van der Waals surface area contributed by atoms with Crippen LogP contribution < -0.4 is 10.6 Å². The summed E-state index contributed by atoms with van der Waals surface area (Å²) in [6, 6.07) is 6.10. The molecule has 5 nitrogen and oxygen atoms in total. The summed E-state index contributed by atoms with van der Waals surface area (Å²) >= 11 is 5.36. The first-order valence-electron chi connectivity index (χ1n) is 7.77. The van der Waals surface area contributed by atoms with E-state index in [-0.39, 0.29) is 11.7 Å². The van der Waals surface area contributed by atoms with Gasteiger partial charge in [-0.05, 0) is 50.3 Å². The number of hydrogen-bond donors (Lipinski definition) is 2. The minimum atomic E-state index is -0.315. The Balaban J connectivity index is 1.74. The Morgan fingerprint density at radius 1 is 1.22 bits per heavy atom. The summed E-state index contributed by atoms with van der Waals surface area (Å²) in [5.41, 5.74) is 0.609. The summed E-state index contributed by atoms with van der Waals surface area (Å²) in [5.74, 6) is -0.405. The Morgan fingerprint density at radius 2 is 1.83 bits per heavy atom. The number of nitrogens with one attached hydrogen (secondary N) is 2. The molecule has 1 heterocycles. The highest BCUT2D eigenvalue weighted by Crippen LogP contribution is 2.09. The van der Waals surface area contributed by atoms with Crippen LogP contribution in [0, 0.1) is 5.82 Å². The molecule has 0 aliphatic carbocycles. The number of nitrogens with zero attached hydrogens (tertiary/aromatic N) is 2. The smallest absolute Gasteiger partial charge is 0.238 e. The molecule has 126 valence electrons. The maximum Gasteiger partial charge on any atom is 0.238 e. The lowest BCUT2D eigenvalue weighted by Gasteiger charge is -2.36. The van der Waals surface area contributed by atoms with E-state index in [2.05, 4.69) is 34.3 Å². The van der Waals surface area contributed by atoms with Crippen molar-refractivity contribution in [2.45, 2.75) is 19.9 Å². The average molecular weight is 338 g/mol. The first-order chi connectivity index (χ1) is 10.9. The number of carbonyl (C=O) groups excluding carboxylic acids is 1. The Labute approximate surface area is 141 Å². The van der Waals surface area contributed by atoms with Gasteiger partial charge in [0.15, 0.2) is 5.11 Å². The first kappa shape index (κ1) is 17.6. The standard InChI is InChI=1S/C16H23FN4OS/c1-12(2)18-16(23)21-9-7-20(8-10-21)11-15(22)19-14-5-3-13(17)4-6-14/h3-6,12H,7-11H2,1-2H3,(H,18,23)(H,19,22). The third kappa shape index (κ3) is 5.76. The van der Waals surface area contributed by atoms with Crippen LogP contribution in [-0.2, 0) is 4.79 Å². The normalized spacial score (nSPS) is 15.6. The Hall–Kier alpha value is -1.73. The van der Waals surface area contributed by atoms with Gasteiger partial charge >= 0.3 is 0 Å². The van der Waals surface area contributed by atoms with E-state index in [9.17, 15) is 9.18 Å². The molecule has 1 saturated heterocycles. The van der Waals surface area contributed by atoms with Crippen molar-refractivity contribution in [3.05, 3.63) is 30.1 Å². The van der Waals surface area contributed by atoms with E-state index in [1.54, 1.807) is 12.1 Å². The van der Waals surface area contributed by atoms with E-state index in [0.29, 0.717) is 18.3 Å². The molecule has 1 aromatic rings. The fourth-order valence-corrected chi connectivity index (χ4v) is 2.80. The zero-order valence-electron chi connectivity index (χ0n) is 13.5. The van der Waals surface area contributed by atoms with Crippen molar-refractivity contribution in [3.63, 3.8) is 0 Å². The highest BCUT2D eigenvalue weighted by atomic mass is 32.1. The van der Waals surface area contributed by atoms with Crippen LogP contribution in [-0.4, -0.2) is 59.6 Å². The molecule has 0 aromatic heterocycles. The molecule has 2 N–H and O–H groups in total. The van der Waals surface area contributed by atoms with Gasteiger partial charge in [-0.1, -0.05) is 0 Å². The van der Waals surface area contributed by atoms with Gasteiger partial charge in [0.2, 0.25) is 5.91 Å². The van der Waals surface area contributed by atoms with E-state index in [1.165, 1.54) is 12.1 Å². The van der Waals surface area contributed by atoms with E-state index >= 15 is 0 Å². The van der Waals surface area contributed by atoms with Crippen molar-refractivity contribution < 1.29 is 9.18 Å². The summed E-state index contributed by atoms with van der Waals surface area (Å²) < 4.78 is 12.8. The molecule has 0 unspecified atom stereocenters. The van der Waals surface area contributed by atoms with Crippen LogP contribution in [0.25, 0.3) is 0 Å². The highest BCUT2D eigenvalue weighted by molar-refractivity contribution is 7.80. The zero-order valence-corrected chi connectivity index (χ0v) is 14.3. The zero-order chi connectivity index (χ0) is 16.8. The molecule has 1 aromatic carbocycles. The SMILES string of the molecule is CC(C)NC(=S)N1CCN(CC(=O)Nc2ccc(F)cc2)CC1. The number of thiocarbonyl (C=S) groups is 1. The third-order valence-electron chi connectivity index (χ3n) is 3.57. The van der Waals surface area contributed by atoms with Crippen molar-refractivity contribution in [2.75, 3.05) is 38.0 Å². The molecule has 0 spiro atoms. The Kier molecular flexibility index (Phi) is 6.29. The van der Waals surface area contributed by atoms with Gasteiger partial charge in [0.05, 0.1) is 6.54 Å². The molecule has 0 saturated carbocycles. The second-order valence-electron chi connectivity index (χ2n) is 5.92. The molecule has 0 bridgehead atoms. The topological polar surface area (TPSA) is 47.6 Å². The Bertz CT molecular complexity index is 542. The van der Waals surface area contributed by atoms with Crippen LogP contribution in [0.2, 0.25) is 0 Å². The van der Waals surface area contributed by atoms with Crippen molar-refractivity contribution in [1.82, 2.24) is 15.1 Å². The number of anilines is 1. The lowest BCUT2D eigenvalue weighted by Crippen LogP contribution is -2.53. The molecular formula is C16H23FN4OS. The lowest BCUT2D eigenvalue weighted by molar-refractivity contribution is -0.117. The van der Waals surface area contributed by atoms with Crippen molar-refractivity contribution in [3.8, 4) is 0 Å². The largest absolute Gasteiger partial charge is 0.360 e. The van der Waals surface area contributed by atoms with Gasteiger partial charge in [-0.25, -0.2) is 4.39 Å². The average Bonchev–Trinajstić information content (AvgIpc) is 2.49. The van der Waals surface area contributed by atoms with E-state index in [4.69, 9.17) is 12.2 Å². The fraction of sp³-hybridized carbons (Fsp3) is 0.500. The van der Waals surface area contributed by atoms with E-state index in [0.717, 1.165) is 31.3 Å². The van der Waals surface area contributed by atoms with Gasteiger partial charge in [0.1, 0.15) is 5.82 Å². The van der Waals surface area contributed by atoms with Crippen molar-refractivity contribution >= 4 is 28.9 Å². The highest BCUT2D eigenvalue weighted by Gasteiger charge is 2.20. The predicted molar refractivity (Wildman–Crippen MR) is 93.9 cm³/mol. The summed E-state index contributed by atoms with van der Waals surface area (Å²) in [6.07, 6.45) is 0. The number of rotatable bonds is 4. The number of benzene rings is 1. The molecule has 23 heavy (non-hydrogen) atoms. The summed E-state index contributed by atoms with van der Waals surface area (Å²) in [6.45, 7) is 7.64. The van der Waals surface area contributed by atoms with Crippen LogP contribution in [0.3, 0.4) is 0 Å². The summed E-state index contributed by atoms with van der Waals surface area (Å²) in [5, 5.41) is 6.79. The third-order valence-corrected chi connectivity index (χ3v) is 3.94. The van der Waals surface area contributed by atoms with E-state index in [1.807, 2.05) is 0 Å². The molecule has 7 heteroatoms. The number of piperazine rings is 1. The van der Waals surface area contributed by atoms with Crippen LogP contribution >= 0.6 is 12.2 Å². The van der Waals surface area contributed by atoms with Crippen LogP contribution in [0.1, 0.15) is 13.8 Å². The van der Waals surface area contributed by atoms with Crippen LogP contribution in [0.15, 0.2) is 24.3 Å². The molecule has 1 amide bonds. The van der Waals surface area contributed by atoms with Gasteiger partial charge < -0.3 is 15.5 Å². The van der Waals surface area contributed by atoms with E-state index < -0.39 is 0 Å². The minimum absolute atomic E-state index is 0.0899. The molecule has 1 fully saturated rings. The second-order valence-corrected chi connectivity index (χ2v) is 6.31. The lowest BCUT2D eigenvalue weighted by atomic mass is 10.3. The maximum atomic E-state index is 12.8. The molecule has 0 atom stereocenters. The molecule has 1 aliphatic rings. The molecule has 0 radical (unpaired) electrons. The van der Waals surface area contributed by atoms with Gasteiger partial charge in [-0.2, -0.15) is 0 Å². The van der Waals surface area contributed by atoms with Crippen molar-refractivity contribution in [1.29, 1.82) is 0 Å². The number of carbonyl (C=O) groups is 1. The number of hydrogen-bond acceptors (Lipinski definition) is 3. The van der Waals surface area contributed by atoms with Crippen LogP contribution in [0.4, 0.5) is 10.1 Å². The summed E-state index contributed by atoms with van der Waals surface area (Å²) in [4.78, 5) is 16.2. The Morgan fingerprint density at radius 3 is 2.39 bits per heavy atom. The van der Waals surface area contributed by atoms with Gasteiger partial charge in [0, 0.05) is 37.9 Å². The fourth-order valence-electron chi connectivity index (χ4n) is 2.38.